The Morgan fingerprint density at radius 3 is 2.03 bits per heavy atom. The van der Waals surface area contributed by atoms with Gasteiger partial charge in [-0.3, -0.25) is 4.79 Å². The number of hydrogen-bond acceptors (Lipinski definition) is 4. The summed E-state index contributed by atoms with van der Waals surface area (Å²) in [6.45, 7) is -1.02. The van der Waals surface area contributed by atoms with Crippen molar-refractivity contribution in [1.82, 2.24) is 0 Å². The summed E-state index contributed by atoms with van der Waals surface area (Å²) >= 11 is 5.75. The lowest BCUT2D eigenvalue weighted by Crippen LogP contribution is -2.17. The fourth-order valence-electron chi connectivity index (χ4n) is 2.19. The van der Waals surface area contributed by atoms with Crippen LogP contribution in [0.3, 0.4) is 0 Å². The molecule has 0 saturated carbocycles. The van der Waals surface area contributed by atoms with Gasteiger partial charge in [0, 0.05) is 10.7 Å². The fraction of sp³-hybridized carbons (Fsp3) is 0.188. The molecule has 0 saturated heterocycles. The number of carbonyl (C=O) groups excluding carboxylic acids is 1. The first-order valence-electron chi connectivity index (χ1n) is 7.79. The maximum Gasteiger partial charge on any atom is 0.472 e. The molecular weight excluding hydrogens is 483 g/mol. The number of hydrogen-bond donors (Lipinski definition) is 3. The van der Waals surface area contributed by atoms with E-state index in [1.807, 2.05) is 5.32 Å². The number of carbonyl (C=O) groups is 1. The second-order valence-corrected chi connectivity index (χ2v) is 7.45. The van der Waals surface area contributed by atoms with Crippen molar-refractivity contribution < 1.29 is 54.7 Å². The number of halogens is 7. The van der Waals surface area contributed by atoms with Crippen molar-refractivity contribution in [3.63, 3.8) is 0 Å². The van der Waals surface area contributed by atoms with Gasteiger partial charge in [0.2, 0.25) is 0 Å². The number of amides is 1. The first-order chi connectivity index (χ1) is 14.1. The number of benzene rings is 2. The van der Waals surface area contributed by atoms with Crippen molar-refractivity contribution >= 4 is 31.0 Å². The number of phosphoric acid groups is 1. The third-order valence-electron chi connectivity index (χ3n) is 3.47. The van der Waals surface area contributed by atoms with Crippen LogP contribution in [0.1, 0.15) is 21.5 Å². The zero-order valence-corrected chi connectivity index (χ0v) is 16.4. The third kappa shape index (κ3) is 7.40. The maximum atomic E-state index is 13.0. The number of anilines is 1. The van der Waals surface area contributed by atoms with Crippen molar-refractivity contribution in [3.05, 3.63) is 58.1 Å². The second-order valence-electron chi connectivity index (χ2n) is 5.77. The molecule has 0 unspecified atom stereocenters. The van der Waals surface area contributed by atoms with Gasteiger partial charge in [0.1, 0.15) is 5.75 Å². The fourth-order valence-corrected chi connectivity index (χ4v) is 2.55. The summed E-state index contributed by atoms with van der Waals surface area (Å²) in [5.41, 5.74) is -4.55. The lowest BCUT2D eigenvalue weighted by Gasteiger charge is -2.16. The van der Waals surface area contributed by atoms with Gasteiger partial charge in [-0.25, -0.2) is 9.09 Å². The van der Waals surface area contributed by atoms with E-state index in [9.17, 15) is 35.7 Å². The highest BCUT2D eigenvalue weighted by molar-refractivity contribution is 7.46. The predicted molar refractivity (Wildman–Crippen MR) is 94.5 cm³/mol. The Kier molecular flexibility index (Phi) is 7.28. The van der Waals surface area contributed by atoms with Gasteiger partial charge in [0.15, 0.2) is 6.79 Å². The summed E-state index contributed by atoms with van der Waals surface area (Å²) in [6, 6.07) is 3.75. The van der Waals surface area contributed by atoms with Gasteiger partial charge in [-0.1, -0.05) is 11.6 Å². The summed E-state index contributed by atoms with van der Waals surface area (Å²) in [4.78, 5) is 29.7. The molecule has 0 aliphatic carbocycles. The topological polar surface area (TPSA) is 105 Å². The standard InChI is InChI=1S/C16H11ClF6NO6P/c17-10-1-2-13(29-7-30-31(26,27)28)12(6-10)14(25)24-11-4-8(15(18,19)20)3-9(5-11)16(21,22)23/h1-6H,7H2,(H,24,25)(H2,26,27,28). The van der Waals surface area contributed by atoms with Crippen molar-refractivity contribution in [2.75, 3.05) is 12.1 Å². The van der Waals surface area contributed by atoms with Crippen LogP contribution >= 0.6 is 19.4 Å². The minimum Gasteiger partial charge on any atom is -0.466 e. The van der Waals surface area contributed by atoms with E-state index in [2.05, 4.69) is 4.52 Å². The Labute approximate surface area is 174 Å². The number of alkyl halides is 6. The van der Waals surface area contributed by atoms with Crippen LogP contribution in [0.25, 0.3) is 0 Å². The normalized spacial score (nSPS) is 12.5. The second kappa shape index (κ2) is 9.05. The molecule has 0 radical (unpaired) electrons. The van der Waals surface area contributed by atoms with Gasteiger partial charge in [-0.15, -0.1) is 0 Å². The molecule has 7 nitrogen and oxygen atoms in total. The lowest BCUT2D eigenvalue weighted by molar-refractivity contribution is -0.143. The van der Waals surface area contributed by atoms with Crippen molar-refractivity contribution in [2.45, 2.75) is 12.4 Å². The molecule has 2 aromatic rings. The van der Waals surface area contributed by atoms with Crippen LogP contribution in [0.4, 0.5) is 32.0 Å². The average molecular weight is 494 g/mol. The molecule has 0 spiro atoms. The number of ether oxygens (including phenoxy) is 1. The molecular formula is C16H11ClF6NO6P. The van der Waals surface area contributed by atoms with E-state index in [0.29, 0.717) is 12.1 Å². The molecule has 0 aliphatic heterocycles. The van der Waals surface area contributed by atoms with E-state index in [0.717, 1.165) is 12.1 Å². The highest BCUT2D eigenvalue weighted by atomic mass is 35.5. The van der Waals surface area contributed by atoms with Crippen LogP contribution in [0, 0.1) is 0 Å². The van der Waals surface area contributed by atoms with E-state index < -0.39 is 55.3 Å². The maximum absolute atomic E-state index is 13.0. The molecule has 1 amide bonds. The molecule has 15 heteroatoms. The van der Waals surface area contributed by atoms with E-state index in [-0.39, 0.29) is 16.8 Å². The van der Waals surface area contributed by atoms with E-state index in [1.54, 1.807) is 0 Å². The lowest BCUT2D eigenvalue weighted by atomic mass is 10.1. The number of rotatable bonds is 6. The Morgan fingerprint density at radius 2 is 1.55 bits per heavy atom. The van der Waals surface area contributed by atoms with Gasteiger partial charge in [-0.05, 0) is 36.4 Å². The Bertz CT molecular complexity index is 990. The Balaban J connectivity index is 2.36. The van der Waals surface area contributed by atoms with E-state index in [1.165, 1.54) is 6.07 Å². The molecule has 0 bridgehead atoms. The number of nitrogens with one attached hydrogen (secondary N) is 1. The molecule has 31 heavy (non-hydrogen) atoms. The highest BCUT2D eigenvalue weighted by Crippen LogP contribution is 2.38. The van der Waals surface area contributed by atoms with Gasteiger partial charge in [0.05, 0.1) is 16.7 Å². The summed E-state index contributed by atoms with van der Waals surface area (Å²) in [7, 11) is -4.91. The molecule has 0 fully saturated rings. The van der Waals surface area contributed by atoms with Gasteiger partial charge in [-0.2, -0.15) is 26.3 Å². The first-order valence-corrected chi connectivity index (χ1v) is 9.70. The SMILES string of the molecule is O=C(Nc1cc(C(F)(F)F)cc(C(F)(F)F)c1)c1cc(Cl)ccc1OCOP(=O)(O)O. The summed E-state index contributed by atoms with van der Waals surface area (Å²) in [5.74, 6) is -1.57. The summed E-state index contributed by atoms with van der Waals surface area (Å²) in [5, 5.41) is 1.84. The molecule has 2 rings (SSSR count). The minimum absolute atomic E-state index is 0.0478. The first kappa shape index (κ1) is 25.0. The van der Waals surface area contributed by atoms with Gasteiger partial charge in [0.25, 0.3) is 5.91 Å². The van der Waals surface area contributed by atoms with Gasteiger partial charge < -0.3 is 19.8 Å². The molecule has 3 N–H and O–H groups in total. The Hall–Kier alpha value is -2.31. The van der Waals surface area contributed by atoms with Crippen LogP contribution < -0.4 is 10.1 Å². The molecule has 0 aromatic heterocycles. The molecule has 0 heterocycles. The van der Waals surface area contributed by atoms with Crippen LogP contribution in [0.2, 0.25) is 5.02 Å². The molecule has 0 atom stereocenters. The van der Waals surface area contributed by atoms with Crippen molar-refractivity contribution in [2.24, 2.45) is 0 Å². The van der Waals surface area contributed by atoms with Crippen LogP contribution in [-0.4, -0.2) is 22.5 Å². The van der Waals surface area contributed by atoms with Crippen molar-refractivity contribution in [3.8, 4) is 5.75 Å². The smallest absolute Gasteiger partial charge is 0.466 e. The molecule has 170 valence electrons. The van der Waals surface area contributed by atoms with E-state index >= 15 is 0 Å². The van der Waals surface area contributed by atoms with Crippen LogP contribution in [-0.2, 0) is 21.4 Å². The third-order valence-corrected chi connectivity index (χ3v) is 4.14. The number of phosphoric ester groups is 1. The summed E-state index contributed by atoms with van der Waals surface area (Å²) in [6.07, 6.45) is -10.2. The molecule has 2 aromatic carbocycles. The zero-order valence-electron chi connectivity index (χ0n) is 14.8. The quantitative estimate of drug-likeness (QED) is 0.295. The predicted octanol–water partition coefficient (Wildman–Crippen LogP) is 5.08. The van der Waals surface area contributed by atoms with Gasteiger partial charge >= 0.3 is 20.2 Å². The minimum atomic E-state index is -5.12. The van der Waals surface area contributed by atoms with Crippen LogP contribution in [0.15, 0.2) is 36.4 Å². The Morgan fingerprint density at radius 1 is 1.00 bits per heavy atom. The van der Waals surface area contributed by atoms with Crippen molar-refractivity contribution in [1.29, 1.82) is 0 Å². The zero-order chi connectivity index (χ0) is 23.6. The van der Waals surface area contributed by atoms with E-state index in [4.69, 9.17) is 26.1 Å². The summed E-state index contributed by atoms with van der Waals surface area (Å²) < 4.78 is 97.3. The average Bonchev–Trinajstić information content (AvgIpc) is 2.60. The van der Waals surface area contributed by atoms with Crippen LogP contribution in [0.5, 0.6) is 5.75 Å². The highest BCUT2D eigenvalue weighted by Gasteiger charge is 2.37. The monoisotopic (exact) mass is 493 g/mol. The largest absolute Gasteiger partial charge is 0.472 e. The molecule has 0 aliphatic rings.